The van der Waals surface area contributed by atoms with Crippen molar-refractivity contribution in [1.82, 2.24) is 10.2 Å². The van der Waals surface area contributed by atoms with E-state index in [0.29, 0.717) is 17.5 Å². The zero-order valence-corrected chi connectivity index (χ0v) is 9.62. The summed E-state index contributed by atoms with van der Waals surface area (Å²) >= 11 is 0. The summed E-state index contributed by atoms with van der Waals surface area (Å²) < 4.78 is 0. The number of carbonyl (C=O) groups is 1. The molecule has 1 N–H and O–H groups in total. The van der Waals surface area contributed by atoms with E-state index in [1.165, 1.54) is 25.3 Å². The molecular weight excluding hydrogens is 188 g/mol. The Bertz CT molecular complexity index is 281. The van der Waals surface area contributed by atoms with Crippen LogP contribution in [0.4, 0.5) is 0 Å². The van der Waals surface area contributed by atoms with Crippen molar-refractivity contribution in [1.29, 1.82) is 0 Å². The normalized spacial score (nSPS) is 31.9. The molecule has 0 heterocycles. The minimum atomic E-state index is -0.0246. The summed E-state index contributed by atoms with van der Waals surface area (Å²) in [5.41, 5.74) is 0.377. The highest BCUT2D eigenvalue weighted by Crippen LogP contribution is 2.57. The molecule has 0 saturated heterocycles. The van der Waals surface area contributed by atoms with Gasteiger partial charge in [-0.2, -0.15) is 0 Å². The topological polar surface area (TPSA) is 32.3 Å². The lowest BCUT2D eigenvalue weighted by Crippen LogP contribution is -2.70. The lowest BCUT2D eigenvalue weighted by molar-refractivity contribution is -0.130. The maximum atomic E-state index is 11.3. The molecule has 2 rings (SSSR count). The zero-order valence-electron chi connectivity index (χ0n) is 9.62. The van der Waals surface area contributed by atoms with Crippen LogP contribution in [0.15, 0.2) is 12.7 Å². The van der Waals surface area contributed by atoms with Crippen molar-refractivity contribution in [3.63, 3.8) is 0 Å². The highest BCUT2D eigenvalue weighted by Gasteiger charge is 2.59. The molecule has 3 heteroatoms. The van der Waals surface area contributed by atoms with Crippen LogP contribution in [-0.2, 0) is 4.79 Å². The maximum absolute atomic E-state index is 11.3. The van der Waals surface area contributed by atoms with Crippen molar-refractivity contribution in [3.8, 4) is 0 Å². The third-order valence-corrected chi connectivity index (χ3v) is 4.23. The highest BCUT2D eigenvalue weighted by molar-refractivity contribution is 5.87. The summed E-state index contributed by atoms with van der Waals surface area (Å²) in [5.74, 6) is -0.0246. The van der Waals surface area contributed by atoms with Gasteiger partial charge in [0.1, 0.15) is 0 Å². The summed E-state index contributed by atoms with van der Waals surface area (Å²) in [6, 6.07) is 1.03. The molecule has 2 atom stereocenters. The maximum Gasteiger partial charge on any atom is 0.243 e. The SMILES string of the molecule is C=CC(=O)NC1CC(N(C)C)C12CCC2. The van der Waals surface area contributed by atoms with Crippen LogP contribution in [0.25, 0.3) is 0 Å². The number of rotatable bonds is 3. The van der Waals surface area contributed by atoms with Crippen molar-refractivity contribution in [2.45, 2.75) is 37.8 Å². The smallest absolute Gasteiger partial charge is 0.243 e. The molecular formula is C12H20N2O. The molecule has 2 saturated carbocycles. The van der Waals surface area contributed by atoms with Gasteiger partial charge in [0.15, 0.2) is 0 Å². The van der Waals surface area contributed by atoms with Crippen LogP contribution in [0.3, 0.4) is 0 Å². The van der Waals surface area contributed by atoms with E-state index in [9.17, 15) is 4.79 Å². The van der Waals surface area contributed by atoms with Crippen molar-refractivity contribution in [2.24, 2.45) is 5.41 Å². The summed E-state index contributed by atoms with van der Waals surface area (Å²) in [6.07, 6.45) is 6.29. The molecule has 15 heavy (non-hydrogen) atoms. The van der Waals surface area contributed by atoms with Gasteiger partial charge >= 0.3 is 0 Å². The van der Waals surface area contributed by atoms with E-state index in [2.05, 4.69) is 30.9 Å². The van der Waals surface area contributed by atoms with Crippen LogP contribution in [0.5, 0.6) is 0 Å². The highest BCUT2D eigenvalue weighted by atomic mass is 16.1. The van der Waals surface area contributed by atoms with Crippen LogP contribution in [0.2, 0.25) is 0 Å². The first-order valence-corrected chi connectivity index (χ1v) is 5.69. The molecule has 0 radical (unpaired) electrons. The van der Waals surface area contributed by atoms with Gasteiger partial charge in [-0.15, -0.1) is 0 Å². The van der Waals surface area contributed by atoms with Gasteiger partial charge in [-0.3, -0.25) is 4.79 Å². The predicted molar refractivity (Wildman–Crippen MR) is 60.5 cm³/mol. The van der Waals surface area contributed by atoms with E-state index in [1.807, 2.05) is 0 Å². The Morgan fingerprint density at radius 3 is 2.60 bits per heavy atom. The number of nitrogens with one attached hydrogen (secondary N) is 1. The van der Waals surface area contributed by atoms with Gasteiger partial charge in [-0.25, -0.2) is 0 Å². The van der Waals surface area contributed by atoms with E-state index >= 15 is 0 Å². The van der Waals surface area contributed by atoms with Crippen LogP contribution in [0.1, 0.15) is 25.7 Å². The first-order chi connectivity index (χ1) is 7.10. The fraction of sp³-hybridized carbons (Fsp3) is 0.750. The average Bonchev–Trinajstić information content (AvgIpc) is 2.07. The molecule has 0 aromatic carbocycles. The molecule has 0 aromatic heterocycles. The quantitative estimate of drug-likeness (QED) is 0.706. The van der Waals surface area contributed by atoms with Crippen LogP contribution < -0.4 is 5.32 Å². The second kappa shape index (κ2) is 3.63. The molecule has 3 nitrogen and oxygen atoms in total. The second-order valence-corrected chi connectivity index (χ2v) is 5.07. The number of hydrogen-bond donors (Lipinski definition) is 1. The van der Waals surface area contributed by atoms with E-state index in [0.717, 1.165) is 6.42 Å². The summed E-state index contributed by atoms with van der Waals surface area (Å²) in [4.78, 5) is 13.6. The van der Waals surface area contributed by atoms with Gasteiger partial charge < -0.3 is 10.2 Å². The standard InChI is InChI=1S/C12H20N2O/c1-4-11(15)13-9-8-10(14(2)3)12(9)6-5-7-12/h4,9-10H,1,5-8H2,2-3H3,(H,13,15). The van der Waals surface area contributed by atoms with E-state index < -0.39 is 0 Å². The van der Waals surface area contributed by atoms with Crippen molar-refractivity contribution < 1.29 is 4.79 Å². The third-order valence-electron chi connectivity index (χ3n) is 4.23. The minimum Gasteiger partial charge on any atom is -0.349 e. The molecule has 84 valence electrons. The Hall–Kier alpha value is -0.830. The average molecular weight is 208 g/mol. The fourth-order valence-corrected chi connectivity index (χ4v) is 3.19. The van der Waals surface area contributed by atoms with Gasteiger partial charge in [0.2, 0.25) is 5.91 Å². The van der Waals surface area contributed by atoms with Crippen LogP contribution in [0, 0.1) is 5.41 Å². The molecule has 2 unspecified atom stereocenters. The van der Waals surface area contributed by atoms with Crippen LogP contribution in [-0.4, -0.2) is 37.0 Å². The molecule has 0 aromatic rings. The lowest BCUT2D eigenvalue weighted by Gasteiger charge is -2.63. The Morgan fingerprint density at radius 1 is 1.53 bits per heavy atom. The molecule has 1 spiro atoms. The number of nitrogens with zero attached hydrogens (tertiary/aromatic N) is 1. The summed E-state index contributed by atoms with van der Waals surface area (Å²) in [5, 5.41) is 3.06. The molecule has 1 amide bonds. The molecule has 2 fully saturated rings. The second-order valence-electron chi connectivity index (χ2n) is 5.07. The molecule has 0 bridgehead atoms. The monoisotopic (exact) mass is 208 g/mol. The van der Waals surface area contributed by atoms with Gasteiger partial charge in [0.05, 0.1) is 0 Å². The Labute approximate surface area is 91.5 Å². The third kappa shape index (κ3) is 1.49. The number of amides is 1. The van der Waals surface area contributed by atoms with E-state index in [-0.39, 0.29) is 5.91 Å². The first kappa shape index (κ1) is 10.7. The number of hydrogen-bond acceptors (Lipinski definition) is 2. The Morgan fingerprint density at radius 2 is 2.20 bits per heavy atom. The predicted octanol–water partition coefficient (Wildman–Crippen LogP) is 1.16. The van der Waals surface area contributed by atoms with Crippen molar-refractivity contribution in [2.75, 3.05) is 14.1 Å². The Balaban J connectivity index is 1.99. The molecule has 2 aliphatic carbocycles. The Kier molecular flexibility index (Phi) is 2.59. The van der Waals surface area contributed by atoms with E-state index in [4.69, 9.17) is 0 Å². The molecule has 0 aliphatic heterocycles. The van der Waals surface area contributed by atoms with Crippen molar-refractivity contribution in [3.05, 3.63) is 12.7 Å². The lowest BCUT2D eigenvalue weighted by atomic mass is 9.49. The van der Waals surface area contributed by atoms with Gasteiger partial charge in [-0.1, -0.05) is 13.0 Å². The fourth-order valence-electron chi connectivity index (χ4n) is 3.19. The molecule has 2 aliphatic rings. The zero-order chi connectivity index (χ0) is 11.1. The van der Waals surface area contributed by atoms with Gasteiger partial charge in [0, 0.05) is 17.5 Å². The van der Waals surface area contributed by atoms with Gasteiger partial charge in [-0.05, 0) is 39.4 Å². The first-order valence-electron chi connectivity index (χ1n) is 5.69. The van der Waals surface area contributed by atoms with Crippen molar-refractivity contribution >= 4 is 5.91 Å². The summed E-state index contributed by atoms with van der Waals surface area (Å²) in [7, 11) is 4.27. The van der Waals surface area contributed by atoms with E-state index in [1.54, 1.807) is 0 Å². The largest absolute Gasteiger partial charge is 0.349 e. The van der Waals surface area contributed by atoms with Gasteiger partial charge in [0.25, 0.3) is 0 Å². The minimum absolute atomic E-state index is 0.0246. The number of carbonyl (C=O) groups excluding carboxylic acids is 1. The summed E-state index contributed by atoms with van der Waals surface area (Å²) in [6.45, 7) is 3.50. The van der Waals surface area contributed by atoms with Crippen LogP contribution >= 0.6 is 0 Å².